The van der Waals surface area contributed by atoms with E-state index in [9.17, 15) is 14.9 Å². The number of nitrogens with zero attached hydrogens (tertiary/aromatic N) is 4. The molecule has 0 N–H and O–H groups in total. The summed E-state index contributed by atoms with van der Waals surface area (Å²) in [6.07, 6.45) is 1.70. The van der Waals surface area contributed by atoms with Crippen molar-refractivity contribution < 1.29 is 9.53 Å². The lowest BCUT2D eigenvalue weighted by molar-refractivity contribution is -0.122. The maximum atomic E-state index is 13.5. The van der Waals surface area contributed by atoms with Crippen molar-refractivity contribution >= 4 is 57.7 Å². The summed E-state index contributed by atoms with van der Waals surface area (Å²) < 4.78 is 7.96. The number of hydrogen-bond donors (Lipinski definition) is 0. The Balaban J connectivity index is 1.83. The van der Waals surface area contributed by atoms with Crippen molar-refractivity contribution in [3.05, 3.63) is 66.8 Å². The van der Waals surface area contributed by atoms with Gasteiger partial charge in [0, 0.05) is 30.2 Å². The summed E-state index contributed by atoms with van der Waals surface area (Å²) in [5.74, 6) is 0.462. The normalized spacial score (nSPS) is 21.4. The van der Waals surface area contributed by atoms with Gasteiger partial charge in [-0.3, -0.25) is 19.1 Å². The maximum Gasteiger partial charge on any atom is 0.270 e. The van der Waals surface area contributed by atoms with Gasteiger partial charge in [0.25, 0.3) is 11.5 Å². The molecule has 1 amide bonds. The molecule has 188 valence electrons. The molecule has 2 fully saturated rings. The van der Waals surface area contributed by atoms with Gasteiger partial charge >= 0.3 is 0 Å². The monoisotopic (exact) mass is 542 g/mol. The first-order valence-corrected chi connectivity index (χ1v) is 13.3. The van der Waals surface area contributed by atoms with Crippen molar-refractivity contribution in [3.8, 4) is 6.07 Å². The zero-order valence-corrected chi connectivity index (χ0v) is 23.0. The minimum absolute atomic E-state index is 0.0354. The summed E-state index contributed by atoms with van der Waals surface area (Å²) in [6, 6.07) is 9.42. The number of aromatic nitrogens is 1. The highest BCUT2D eigenvalue weighted by atomic mass is 35.5. The quantitative estimate of drug-likeness (QED) is 0.399. The Morgan fingerprint density at radius 1 is 1.25 bits per heavy atom. The third-order valence-corrected chi connectivity index (χ3v) is 8.06. The highest BCUT2D eigenvalue weighted by Gasteiger charge is 2.34. The molecule has 0 bridgehead atoms. The van der Waals surface area contributed by atoms with Crippen LogP contribution in [0.5, 0.6) is 0 Å². The largest absolute Gasteiger partial charge is 0.372 e. The van der Waals surface area contributed by atoms with Gasteiger partial charge in [0.1, 0.15) is 21.8 Å². The molecule has 7 nitrogen and oxygen atoms in total. The van der Waals surface area contributed by atoms with Crippen LogP contribution in [-0.4, -0.2) is 45.0 Å². The summed E-state index contributed by atoms with van der Waals surface area (Å²) >= 11 is 13.1. The lowest BCUT2D eigenvalue weighted by Crippen LogP contribution is -2.48. The van der Waals surface area contributed by atoms with E-state index < -0.39 is 0 Å². The highest BCUT2D eigenvalue weighted by molar-refractivity contribution is 8.26. The van der Waals surface area contributed by atoms with Crippen LogP contribution in [0.1, 0.15) is 43.0 Å². The van der Waals surface area contributed by atoms with Crippen LogP contribution in [-0.2, 0) is 22.6 Å². The number of benzene rings is 1. The van der Waals surface area contributed by atoms with E-state index in [1.165, 1.54) is 16.7 Å². The highest BCUT2D eigenvalue weighted by Crippen LogP contribution is 2.37. The van der Waals surface area contributed by atoms with Crippen LogP contribution in [0, 0.1) is 18.3 Å². The molecule has 2 aliphatic heterocycles. The Labute approximate surface area is 225 Å². The van der Waals surface area contributed by atoms with Crippen molar-refractivity contribution in [1.29, 1.82) is 5.26 Å². The topological polar surface area (TPSA) is 78.6 Å². The van der Waals surface area contributed by atoms with E-state index in [1.807, 2.05) is 39.0 Å². The molecular formula is C26H27ClN4O3S2. The van der Waals surface area contributed by atoms with Crippen molar-refractivity contribution in [3.63, 3.8) is 0 Å². The van der Waals surface area contributed by atoms with Gasteiger partial charge in [0.05, 0.1) is 23.7 Å². The molecule has 10 heteroatoms. The van der Waals surface area contributed by atoms with Gasteiger partial charge in [-0.1, -0.05) is 53.8 Å². The first-order valence-electron chi connectivity index (χ1n) is 11.7. The second kappa shape index (κ2) is 10.8. The maximum absolute atomic E-state index is 13.5. The van der Waals surface area contributed by atoms with Gasteiger partial charge in [-0.15, -0.1) is 0 Å². The molecule has 2 aliphatic rings. The lowest BCUT2D eigenvalue weighted by atomic mass is 10.0. The van der Waals surface area contributed by atoms with Crippen LogP contribution >= 0.6 is 35.6 Å². The van der Waals surface area contributed by atoms with Crippen molar-refractivity contribution in [2.24, 2.45) is 0 Å². The van der Waals surface area contributed by atoms with E-state index in [4.69, 9.17) is 28.6 Å². The fourth-order valence-corrected chi connectivity index (χ4v) is 6.13. The predicted octanol–water partition coefficient (Wildman–Crippen LogP) is 4.72. The Bertz CT molecular complexity index is 1350. The number of halogens is 1. The minimum atomic E-state index is -0.331. The lowest BCUT2D eigenvalue weighted by Gasteiger charge is -2.39. The first kappa shape index (κ1) is 26.4. The molecule has 0 saturated carbocycles. The number of thiocarbonyl (C=S) groups is 1. The number of nitriles is 1. The number of ether oxygens (including phenoxy) is 1. The van der Waals surface area contributed by atoms with E-state index in [-0.39, 0.29) is 35.8 Å². The van der Waals surface area contributed by atoms with Gasteiger partial charge in [-0.05, 0) is 51.0 Å². The number of pyridine rings is 1. The minimum Gasteiger partial charge on any atom is -0.372 e. The van der Waals surface area contributed by atoms with Crippen molar-refractivity contribution in [2.75, 3.05) is 18.0 Å². The van der Waals surface area contributed by atoms with Crippen LogP contribution in [0.4, 0.5) is 5.82 Å². The van der Waals surface area contributed by atoms with E-state index in [0.29, 0.717) is 50.8 Å². The van der Waals surface area contributed by atoms with Crippen LogP contribution in [0.15, 0.2) is 34.0 Å². The second-order valence-corrected chi connectivity index (χ2v) is 11.0. The van der Waals surface area contributed by atoms with E-state index in [0.717, 1.165) is 5.56 Å². The van der Waals surface area contributed by atoms with Crippen molar-refractivity contribution in [1.82, 2.24) is 9.47 Å². The zero-order valence-electron chi connectivity index (χ0n) is 20.6. The fourth-order valence-electron chi connectivity index (χ4n) is 4.69. The molecule has 2 unspecified atom stereocenters. The van der Waals surface area contributed by atoms with Crippen LogP contribution < -0.4 is 10.5 Å². The summed E-state index contributed by atoms with van der Waals surface area (Å²) in [4.78, 5) is 30.8. The Hall–Kier alpha value is -2.64. The number of hydrogen-bond acceptors (Lipinski definition) is 7. The third-order valence-electron chi connectivity index (χ3n) is 6.32. The number of anilines is 1. The first-order chi connectivity index (χ1) is 17.2. The fraction of sp³-hybridized carbons (Fsp3) is 0.385. The Morgan fingerprint density at radius 3 is 2.53 bits per heavy atom. The number of morpholine rings is 1. The Kier molecular flexibility index (Phi) is 7.90. The third kappa shape index (κ3) is 4.96. The van der Waals surface area contributed by atoms with Gasteiger partial charge in [-0.2, -0.15) is 5.26 Å². The molecule has 3 heterocycles. The number of thioether (sulfide) groups is 1. The van der Waals surface area contributed by atoms with Gasteiger partial charge in [0.2, 0.25) is 0 Å². The molecule has 0 spiro atoms. The zero-order chi connectivity index (χ0) is 26.1. The van der Waals surface area contributed by atoms with Crippen LogP contribution in [0.3, 0.4) is 0 Å². The number of rotatable bonds is 5. The van der Waals surface area contributed by atoms with Crippen LogP contribution in [0.2, 0.25) is 5.02 Å². The van der Waals surface area contributed by atoms with Gasteiger partial charge < -0.3 is 9.64 Å². The molecule has 2 atom stereocenters. The number of carbonyl (C=O) groups excluding carboxylic acids is 1. The molecule has 1 aromatic heterocycles. The molecule has 4 rings (SSSR count). The molecule has 0 aliphatic carbocycles. The van der Waals surface area contributed by atoms with Gasteiger partial charge in [0.15, 0.2) is 0 Å². The summed E-state index contributed by atoms with van der Waals surface area (Å²) in [7, 11) is 0. The second-order valence-electron chi connectivity index (χ2n) is 8.92. The smallest absolute Gasteiger partial charge is 0.270 e. The van der Waals surface area contributed by atoms with E-state index in [2.05, 4.69) is 11.0 Å². The SMILES string of the molecule is CCn1c(N2CC(C)OC(C)C2)c(C=C2SC(=S)N(Cc3ccccc3Cl)C2=O)c(C)c(C#N)c1=O. The van der Waals surface area contributed by atoms with Gasteiger partial charge in [-0.25, -0.2) is 0 Å². The summed E-state index contributed by atoms with van der Waals surface area (Å²) in [5.41, 5.74) is 1.77. The number of amides is 1. The van der Waals surface area contributed by atoms with E-state index >= 15 is 0 Å². The van der Waals surface area contributed by atoms with Crippen LogP contribution in [0.25, 0.3) is 6.08 Å². The Morgan fingerprint density at radius 2 is 1.92 bits per heavy atom. The molecule has 0 radical (unpaired) electrons. The standard InChI is InChI=1S/C26H27ClN4O3S2/c1-5-30-23(29-12-15(2)34-16(3)13-29)19(17(4)20(11-28)24(30)32)10-22-25(33)31(26(35)36-22)14-18-8-6-7-9-21(18)27/h6-10,15-16H,5,12-14H2,1-4H3. The van der Waals surface area contributed by atoms with Crippen molar-refractivity contribution in [2.45, 2.75) is 53.0 Å². The molecule has 1 aromatic carbocycles. The molecule has 2 saturated heterocycles. The average Bonchev–Trinajstić information content (AvgIpc) is 3.09. The average molecular weight is 543 g/mol. The van der Waals surface area contributed by atoms with E-state index in [1.54, 1.807) is 23.6 Å². The molecule has 36 heavy (non-hydrogen) atoms. The summed E-state index contributed by atoms with van der Waals surface area (Å²) in [6.45, 7) is 9.45. The molecule has 2 aromatic rings. The molecular weight excluding hydrogens is 516 g/mol. The number of carbonyl (C=O) groups is 1. The predicted molar refractivity (Wildman–Crippen MR) is 148 cm³/mol. The summed E-state index contributed by atoms with van der Waals surface area (Å²) in [5, 5.41) is 10.4.